The van der Waals surface area contributed by atoms with Gasteiger partial charge >= 0.3 is 0 Å². The summed E-state index contributed by atoms with van der Waals surface area (Å²) in [6.07, 6.45) is 1.49. The van der Waals surface area contributed by atoms with E-state index in [9.17, 15) is 18.8 Å². The SMILES string of the molecule is Cc1ccc(N(CC(=O)NCc2ccc(F)cc2)C(=O)CCC(=O)Nc2nccs2)cc1C. The van der Waals surface area contributed by atoms with Crippen molar-refractivity contribution in [3.8, 4) is 0 Å². The molecule has 3 amide bonds. The van der Waals surface area contributed by atoms with E-state index in [4.69, 9.17) is 0 Å². The summed E-state index contributed by atoms with van der Waals surface area (Å²) < 4.78 is 13.1. The number of nitrogens with zero attached hydrogens (tertiary/aromatic N) is 2. The molecule has 2 aromatic carbocycles. The van der Waals surface area contributed by atoms with Crippen molar-refractivity contribution < 1.29 is 18.8 Å². The summed E-state index contributed by atoms with van der Waals surface area (Å²) in [5.74, 6) is -1.38. The first-order valence-electron chi connectivity index (χ1n) is 10.4. The normalized spacial score (nSPS) is 10.5. The molecule has 0 aliphatic rings. The van der Waals surface area contributed by atoms with Crippen molar-refractivity contribution in [2.45, 2.75) is 33.2 Å². The van der Waals surface area contributed by atoms with Gasteiger partial charge in [0.05, 0.1) is 0 Å². The highest BCUT2D eigenvalue weighted by Gasteiger charge is 2.21. The highest BCUT2D eigenvalue weighted by molar-refractivity contribution is 7.13. The zero-order valence-corrected chi connectivity index (χ0v) is 19.2. The molecule has 0 radical (unpaired) electrons. The lowest BCUT2D eigenvalue weighted by Crippen LogP contribution is -2.41. The van der Waals surface area contributed by atoms with Gasteiger partial charge in [0.2, 0.25) is 17.7 Å². The minimum absolute atomic E-state index is 0.0308. The highest BCUT2D eigenvalue weighted by Crippen LogP contribution is 2.20. The Bertz CT molecular complexity index is 1120. The number of thiazole rings is 1. The van der Waals surface area contributed by atoms with Crippen molar-refractivity contribution in [1.29, 1.82) is 0 Å². The van der Waals surface area contributed by atoms with Gasteiger partial charge in [-0.1, -0.05) is 18.2 Å². The first kappa shape index (κ1) is 24.1. The quantitative estimate of drug-likeness (QED) is 0.497. The van der Waals surface area contributed by atoms with Crippen LogP contribution in [0.3, 0.4) is 0 Å². The number of aryl methyl sites for hydroxylation is 2. The number of carbonyl (C=O) groups excluding carboxylic acids is 3. The third kappa shape index (κ3) is 7.21. The molecule has 172 valence electrons. The van der Waals surface area contributed by atoms with E-state index in [1.54, 1.807) is 29.8 Å². The van der Waals surface area contributed by atoms with Gasteiger partial charge in [-0.25, -0.2) is 9.37 Å². The molecule has 33 heavy (non-hydrogen) atoms. The molecule has 1 heterocycles. The Kier molecular flexibility index (Phi) is 8.26. The Hall–Kier alpha value is -3.59. The predicted octanol–water partition coefficient (Wildman–Crippen LogP) is 3.97. The van der Waals surface area contributed by atoms with Crippen molar-refractivity contribution in [2.24, 2.45) is 0 Å². The fourth-order valence-corrected chi connectivity index (χ4v) is 3.59. The summed E-state index contributed by atoms with van der Waals surface area (Å²) in [5, 5.41) is 7.61. The molecule has 0 aliphatic heterocycles. The minimum Gasteiger partial charge on any atom is -0.350 e. The van der Waals surface area contributed by atoms with Crippen LogP contribution in [0.15, 0.2) is 54.0 Å². The number of nitrogens with one attached hydrogen (secondary N) is 2. The number of anilines is 2. The van der Waals surface area contributed by atoms with Crippen LogP contribution in [0.1, 0.15) is 29.5 Å². The zero-order valence-electron chi connectivity index (χ0n) is 18.4. The van der Waals surface area contributed by atoms with Crippen LogP contribution in [0.25, 0.3) is 0 Å². The van der Waals surface area contributed by atoms with Gasteiger partial charge in [0.25, 0.3) is 0 Å². The van der Waals surface area contributed by atoms with E-state index < -0.39 is 0 Å². The number of benzene rings is 2. The van der Waals surface area contributed by atoms with Crippen LogP contribution < -0.4 is 15.5 Å². The van der Waals surface area contributed by atoms with Crippen LogP contribution in [0.5, 0.6) is 0 Å². The number of hydrogen-bond acceptors (Lipinski definition) is 5. The Morgan fingerprint density at radius 1 is 1.00 bits per heavy atom. The molecule has 9 heteroatoms. The third-order valence-corrected chi connectivity index (χ3v) is 5.74. The fourth-order valence-electron chi connectivity index (χ4n) is 3.04. The maximum Gasteiger partial charge on any atom is 0.240 e. The maximum atomic E-state index is 13.1. The number of aromatic nitrogens is 1. The summed E-state index contributed by atoms with van der Waals surface area (Å²) in [6.45, 7) is 3.90. The molecule has 0 unspecified atom stereocenters. The van der Waals surface area contributed by atoms with Crippen molar-refractivity contribution in [2.75, 3.05) is 16.8 Å². The Morgan fingerprint density at radius 2 is 1.76 bits per heavy atom. The van der Waals surface area contributed by atoms with E-state index in [0.29, 0.717) is 10.8 Å². The standard InChI is InChI=1S/C24H25FN4O3S/c1-16-3-8-20(13-17(16)2)29(15-22(31)27-14-18-4-6-19(25)7-5-18)23(32)10-9-21(30)28-24-26-11-12-33-24/h3-8,11-13H,9-10,14-15H2,1-2H3,(H,27,31)(H,26,28,30). The average Bonchev–Trinajstić information content (AvgIpc) is 3.30. The molecule has 0 aliphatic carbocycles. The number of amides is 3. The van der Waals surface area contributed by atoms with E-state index in [0.717, 1.165) is 16.7 Å². The molecule has 0 fully saturated rings. The van der Waals surface area contributed by atoms with Crippen LogP contribution in [0.4, 0.5) is 15.2 Å². The first-order valence-corrected chi connectivity index (χ1v) is 11.3. The molecule has 0 saturated carbocycles. The maximum absolute atomic E-state index is 13.1. The molecular formula is C24H25FN4O3S. The first-order chi connectivity index (χ1) is 15.8. The number of halogens is 1. The second-order valence-electron chi connectivity index (χ2n) is 7.54. The Balaban J connectivity index is 1.65. The van der Waals surface area contributed by atoms with Gasteiger partial charge in [-0.3, -0.25) is 14.4 Å². The summed E-state index contributed by atoms with van der Waals surface area (Å²) in [4.78, 5) is 43.1. The lowest BCUT2D eigenvalue weighted by molar-refractivity contribution is -0.125. The van der Waals surface area contributed by atoms with E-state index >= 15 is 0 Å². The number of rotatable bonds is 9. The summed E-state index contributed by atoms with van der Waals surface area (Å²) in [6, 6.07) is 11.3. The van der Waals surface area contributed by atoms with Gasteiger partial charge in [0.1, 0.15) is 12.4 Å². The second kappa shape index (κ2) is 11.3. The van der Waals surface area contributed by atoms with Crippen molar-refractivity contribution in [3.05, 3.63) is 76.5 Å². The molecular weight excluding hydrogens is 443 g/mol. The number of hydrogen-bond donors (Lipinski definition) is 2. The molecule has 0 bridgehead atoms. The van der Waals surface area contributed by atoms with Gasteiger partial charge in [-0.05, 0) is 54.8 Å². The summed E-state index contributed by atoms with van der Waals surface area (Å²) >= 11 is 1.29. The molecule has 1 aromatic heterocycles. The van der Waals surface area contributed by atoms with Crippen molar-refractivity contribution in [3.63, 3.8) is 0 Å². The second-order valence-corrected chi connectivity index (χ2v) is 8.43. The lowest BCUT2D eigenvalue weighted by Gasteiger charge is -2.23. The third-order valence-electron chi connectivity index (χ3n) is 5.05. The zero-order chi connectivity index (χ0) is 23.8. The Labute approximate surface area is 195 Å². The van der Waals surface area contributed by atoms with E-state index in [1.165, 1.54) is 28.4 Å². The topological polar surface area (TPSA) is 91.4 Å². The number of carbonyl (C=O) groups is 3. The fraction of sp³-hybridized carbons (Fsp3) is 0.250. The van der Waals surface area contributed by atoms with Gasteiger partial charge in [-0.15, -0.1) is 11.3 Å². The largest absolute Gasteiger partial charge is 0.350 e. The van der Waals surface area contributed by atoms with E-state index in [2.05, 4.69) is 15.6 Å². The van der Waals surface area contributed by atoms with Crippen molar-refractivity contribution >= 4 is 39.9 Å². The van der Waals surface area contributed by atoms with Gasteiger partial charge < -0.3 is 15.5 Å². The highest BCUT2D eigenvalue weighted by atomic mass is 32.1. The van der Waals surface area contributed by atoms with Crippen LogP contribution >= 0.6 is 11.3 Å². The molecule has 0 atom stereocenters. The van der Waals surface area contributed by atoms with E-state index in [-0.39, 0.29) is 49.5 Å². The van der Waals surface area contributed by atoms with Gasteiger partial charge in [0.15, 0.2) is 5.13 Å². The summed E-state index contributed by atoms with van der Waals surface area (Å²) in [5.41, 5.74) is 3.38. The summed E-state index contributed by atoms with van der Waals surface area (Å²) in [7, 11) is 0. The van der Waals surface area contributed by atoms with E-state index in [1.807, 2.05) is 26.0 Å². The Morgan fingerprint density at radius 3 is 2.42 bits per heavy atom. The van der Waals surface area contributed by atoms with Crippen LogP contribution in [0, 0.1) is 19.7 Å². The molecule has 3 aromatic rings. The monoisotopic (exact) mass is 468 g/mol. The molecule has 0 spiro atoms. The molecule has 7 nitrogen and oxygen atoms in total. The molecule has 0 saturated heterocycles. The van der Waals surface area contributed by atoms with Crippen LogP contribution in [0.2, 0.25) is 0 Å². The average molecular weight is 469 g/mol. The molecule has 3 rings (SSSR count). The minimum atomic E-state index is -0.363. The lowest BCUT2D eigenvalue weighted by atomic mass is 10.1. The van der Waals surface area contributed by atoms with Gasteiger partial charge in [-0.2, -0.15) is 0 Å². The van der Waals surface area contributed by atoms with Crippen LogP contribution in [-0.2, 0) is 20.9 Å². The molecule has 2 N–H and O–H groups in total. The van der Waals surface area contributed by atoms with Crippen molar-refractivity contribution in [1.82, 2.24) is 10.3 Å². The van der Waals surface area contributed by atoms with Gasteiger partial charge in [0, 0.05) is 36.7 Å². The van der Waals surface area contributed by atoms with Crippen LogP contribution in [-0.4, -0.2) is 29.3 Å². The smallest absolute Gasteiger partial charge is 0.240 e. The predicted molar refractivity (Wildman–Crippen MR) is 126 cm³/mol.